The Morgan fingerprint density at radius 2 is 2.36 bits per heavy atom. The fraction of sp³-hybridized carbons (Fsp3) is 0.375. The van der Waals surface area contributed by atoms with E-state index in [1.54, 1.807) is 12.0 Å². The Labute approximate surface area is 132 Å². The van der Waals surface area contributed by atoms with Gasteiger partial charge in [0, 0.05) is 11.2 Å². The van der Waals surface area contributed by atoms with Crippen molar-refractivity contribution in [2.45, 2.75) is 13.0 Å². The summed E-state index contributed by atoms with van der Waals surface area (Å²) in [4.78, 5) is 15.1. The molecule has 0 unspecified atom stereocenters. The second-order valence-electron chi connectivity index (χ2n) is 5.14. The number of morpholine rings is 1. The molecule has 1 fully saturated rings. The van der Waals surface area contributed by atoms with E-state index in [1.165, 1.54) is 11.3 Å². The molecule has 1 saturated heterocycles. The first-order chi connectivity index (χ1) is 10.7. The minimum Gasteiger partial charge on any atom is -0.497 e. The van der Waals surface area contributed by atoms with Crippen molar-refractivity contribution in [1.29, 1.82) is 5.26 Å². The summed E-state index contributed by atoms with van der Waals surface area (Å²) in [5.74, 6) is 0.682. The SMILES string of the molecule is COc1ccc2sc(C(=O)N3CCOC[C@H]3C#N)c(C)c2c1. The molecule has 1 aliphatic heterocycles. The molecule has 2 heterocycles. The van der Waals surface area contributed by atoms with Crippen molar-refractivity contribution >= 4 is 27.3 Å². The van der Waals surface area contributed by atoms with E-state index in [1.807, 2.05) is 25.1 Å². The lowest BCUT2D eigenvalue weighted by Gasteiger charge is -2.31. The molecule has 0 saturated carbocycles. The summed E-state index contributed by atoms with van der Waals surface area (Å²) < 4.78 is 11.6. The third-order valence-electron chi connectivity index (χ3n) is 3.88. The Morgan fingerprint density at radius 3 is 3.09 bits per heavy atom. The molecule has 0 bridgehead atoms. The number of rotatable bonds is 2. The highest BCUT2D eigenvalue weighted by Gasteiger charge is 2.30. The normalized spacial score (nSPS) is 18.2. The van der Waals surface area contributed by atoms with Crippen LogP contribution < -0.4 is 4.74 Å². The van der Waals surface area contributed by atoms with Crippen molar-refractivity contribution in [2.24, 2.45) is 0 Å². The van der Waals surface area contributed by atoms with Gasteiger partial charge in [0.1, 0.15) is 11.8 Å². The number of hydrogen-bond donors (Lipinski definition) is 0. The Balaban J connectivity index is 2.00. The monoisotopic (exact) mass is 316 g/mol. The number of benzene rings is 1. The van der Waals surface area contributed by atoms with Gasteiger partial charge in [0.15, 0.2) is 0 Å². The molecule has 3 rings (SSSR count). The summed E-state index contributed by atoms with van der Waals surface area (Å²) in [5.41, 5.74) is 0.937. The van der Waals surface area contributed by atoms with E-state index in [2.05, 4.69) is 6.07 Å². The van der Waals surface area contributed by atoms with Crippen LogP contribution in [0.5, 0.6) is 5.75 Å². The van der Waals surface area contributed by atoms with Gasteiger partial charge in [0.2, 0.25) is 0 Å². The number of hydrogen-bond acceptors (Lipinski definition) is 5. The Morgan fingerprint density at radius 1 is 1.55 bits per heavy atom. The fourth-order valence-corrected chi connectivity index (χ4v) is 3.76. The third-order valence-corrected chi connectivity index (χ3v) is 5.14. The number of nitrogens with zero attached hydrogens (tertiary/aromatic N) is 2. The topological polar surface area (TPSA) is 62.6 Å². The number of carbonyl (C=O) groups excluding carboxylic acids is 1. The number of amides is 1. The van der Waals surface area contributed by atoms with Crippen molar-refractivity contribution < 1.29 is 14.3 Å². The molecule has 0 spiro atoms. The lowest BCUT2D eigenvalue weighted by Crippen LogP contribution is -2.47. The molecule has 0 aliphatic carbocycles. The molecule has 1 aliphatic rings. The second-order valence-corrected chi connectivity index (χ2v) is 6.19. The van der Waals surface area contributed by atoms with Crippen LogP contribution in [0.1, 0.15) is 15.2 Å². The number of carbonyl (C=O) groups is 1. The predicted octanol–water partition coefficient (Wildman–Crippen LogP) is 2.58. The molecule has 0 N–H and O–H groups in total. The first-order valence-electron chi connectivity index (χ1n) is 7.01. The van der Waals surface area contributed by atoms with Gasteiger partial charge in [-0.3, -0.25) is 4.79 Å². The van der Waals surface area contributed by atoms with Gasteiger partial charge in [0.05, 0.1) is 31.3 Å². The van der Waals surface area contributed by atoms with E-state index in [0.717, 1.165) is 21.4 Å². The number of methoxy groups -OCH3 is 1. The number of thiophene rings is 1. The van der Waals surface area contributed by atoms with E-state index in [4.69, 9.17) is 9.47 Å². The average molecular weight is 316 g/mol. The molecule has 0 radical (unpaired) electrons. The van der Waals surface area contributed by atoms with E-state index in [0.29, 0.717) is 18.0 Å². The van der Waals surface area contributed by atoms with Gasteiger partial charge in [-0.2, -0.15) is 5.26 Å². The summed E-state index contributed by atoms with van der Waals surface area (Å²) >= 11 is 1.46. The van der Waals surface area contributed by atoms with E-state index in [-0.39, 0.29) is 12.5 Å². The largest absolute Gasteiger partial charge is 0.497 e. The van der Waals surface area contributed by atoms with Crippen LogP contribution in [0.15, 0.2) is 18.2 Å². The Kier molecular flexibility index (Phi) is 4.01. The lowest BCUT2D eigenvalue weighted by atomic mass is 10.1. The molecule has 2 aromatic rings. The lowest BCUT2D eigenvalue weighted by molar-refractivity contribution is 0.0135. The van der Waals surface area contributed by atoms with Crippen molar-refractivity contribution in [3.05, 3.63) is 28.6 Å². The summed E-state index contributed by atoms with van der Waals surface area (Å²) in [6, 6.07) is 7.42. The minimum absolute atomic E-state index is 0.0903. The van der Waals surface area contributed by atoms with Crippen LogP contribution in [-0.2, 0) is 4.74 Å². The number of fused-ring (bicyclic) bond motifs is 1. The van der Waals surface area contributed by atoms with Crippen molar-refractivity contribution in [3.63, 3.8) is 0 Å². The standard InChI is InChI=1S/C16H16N2O3S/c1-10-13-7-12(20-2)3-4-14(13)22-15(10)16(19)18-5-6-21-9-11(18)8-17/h3-4,7,11H,5-6,9H2,1-2H3/t11-/m1/s1. The van der Waals surface area contributed by atoms with Crippen molar-refractivity contribution in [2.75, 3.05) is 26.9 Å². The van der Waals surface area contributed by atoms with Crippen LogP contribution in [0.25, 0.3) is 10.1 Å². The molecule has 22 heavy (non-hydrogen) atoms. The number of ether oxygens (including phenoxy) is 2. The minimum atomic E-state index is -0.514. The molecule has 6 heteroatoms. The Hall–Kier alpha value is -2.10. The van der Waals surface area contributed by atoms with Gasteiger partial charge in [-0.05, 0) is 36.1 Å². The number of nitriles is 1. The maximum Gasteiger partial charge on any atom is 0.265 e. The zero-order chi connectivity index (χ0) is 15.7. The zero-order valence-corrected chi connectivity index (χ0v) is 13.3. The maximum atomic E-state index is 12.8. The van der Waals surface area contributed by atoms with Crippen LogP contribution in [0, 0.1) is 18.3 Å². The second kappa shape index (κ2) is 5.95. The molecule has 1 amide bonds. The number of aryl methyl sites for hydroxylation is 1. The van der Waals surface area contributed by atoms with E-state index in [9.17, 15) is 10.1 Å². The maximum absolute atomic E-state index is 12.8. The smallest absolute Gasteiger partial charge is 0.265 e. The highest BCUT2D eigenvalue weighted by molar-refractivity contribution is 7.21. The Bertz CT molecular complexity index is 763. The summed E-state index contributed by atoms with van der Waals surface area (Å²) in [7, 11) is 1.63. The zero-order valence-electron chi connectivity index (χ0n) is 12.5. The van der Waals surface area contributed by atoms with Gasteiger partial charge in [-0.25, -0.2) is 0 Å². The van der Waals surface area contributed by atoms with Crippen LogP contribution >= 0.6 is 11.3 Å². The van der Waals surface area contributed by atoms with Gasteiger partial charge in [0.25, 0.3) is 5.91 Å². The highest BCUT2D eigenvalue weighted by Crippen LogP contribution is 2.34. The first-order valence-corrected chi connectivity index (χ1v) is 7.83. The van der Waals surface area contributed by atoms with Crippen LogP contribution in [0.3, 0.4) is 0 Å². The summed E-state index contributed by atoms with van der Waals surface area (Å²) in [6.07, 6.45) is 0. The molecule has 114 valence electrons. The molecular formula is C16H16N2O3S. The van der Waals surface area contributed by atoms with Crippen molar-refractivity contribution in [3.8, 4) is 11.8 Å². The van der Waals surface area contributed by atoms with Crippen LogP contribution in [0.2, 0.25) is 0 Å². The van der Waals surface area contributed by atoms with Gasteiger partial charge in [-0.1, -0.05) is 0 Å². The summed E-state index contributed by atoms with van der Waals surface area (Å²) in [6.45, 7) is 3.14. The molecule has 1 aromatic carbocycles. The summed E-state index contributed by atoms with van der Waals surface area (Å²) in [5, 5.41) is 10.2. The highest BCUT2D eigenvalue weighted by atomic mass is 32.1. The van der Waals surface area contributed by atoms with E-state index >= 15 is 0 Å². The molecular weight excluding hydrogens is 300 g/mol. The van der Waals surface area contributed by atoms with Gasteiger partial charge in [-0.15, -0.1) is 11.3 Å². The van der Waals surface area contributed by atoms with Gasteiger partial charge >= 0.3 is 0 Å². The first kappa shape index (κ1) is 14.8. The molecule has 5 nitrogen and oxygen atoms in total. The third kappa shape index (κ3) is 2.43. The van der Waals surface area contributed by atoms with Gasteiger partial charge < -0.3 is 14.4 Å². The van der Waals surface area contributed by atoms with E-state index < -0.39 is 6.04 Å². The predicted molar refractivity (Wildman–Crippen MR) is 84.4 cm³/mol. The molecule has 1 aromatic heterocycles. The quantitative estimate of drug-likeness (QED) is 0.854. The van der Waals surface area contributed by atoms with Crippen LogP contribution in [0.4, 0.5) is 0 Å². The average Bonchev–Trinajstić information content (AvgIpc) is 2.90. The fourth-order valence-electron chi connectivity index (χ4n) is 2.62. The molecule has 1 atom stereocenters. The van der Waals surface area contributed by atoms with Crippen LogP contribution in [-0.4, -0.2) is 43.7 Å². The van der Waals surface area contributed by atoms with Crippen molar-refractivity contribution in [1.82, 2.24) is 4.90 Å².